The van der Waals surface area contributed by atoms with Crippen LogP contribution in [0, 0.1) is 6.92 Å². The van der Waals surface area contributed by atoms with Gasteiger partial charge >= 0.3 is 0 Å². The number of sulfonamides is 1. The van der Waals surface area contributed by atoms with E-state index in [9.17, 15) is 21.6 Å². The first kappa shape index (κ1) is 16.9. The normalized spacial score (nSPS) is 20.7. The zero-order chi connectivity index (χ0) is 16.4. The highest BCUT2D eigenvalue weighted by Crippen LogP contribution is 2.11. The summed E-state index contributed by atoms with van der Waals surface area (Å²) in [7, 11) is -6.84. The van der Waals surface area contributed by atoms with Crippen LogP contribution in [-0.2, 0) is 24.7 Å². The second-order valence-electron chi connectivity index (χ2n) is 5.31. The van der Waals surface area contributed by atoms with Gasteiger partial charge in [-0.25, -0.2) is 21.6 Å². The third-order valence-electron chi connectivity index (χ3n) is 3.35. The summed E-state index contributed by atoms with van der Waals surface area (Å²) in [6.07, 6.45) is 0.360. The van der Waals surface area contributed by atoms with Crippen LogP contribution in [0.3, 0.4) is 0 Å². The molecule has 1 aliphatic rings. The van der Waals surface area contributed by atoms with Crippen LogP contribution in [0.4, 0.5) is 0 Å². The fraction of sp³-hybridized carbons (Fsp3) is 0.462. The average molecular weight is 346 g/mol. The number of carbonyl (C=O) groups is 1. The summed E-state index contributed by atoms with van der Waals surface area (Å²) >= 11 is 0. The molecule has 2 N–H and O–H groups in total. The van der Waals surface area contributed by atoms with Crippen molar-refractivity contribution in [2.45, 2.75) is 24.3 Å². The van der Waals surface area contributed by atoms with E-state index in [0.29, 0.717) is 6.42 Å². The number of carbonyl (C=O) groups excluding carboxylic acids is 1. The van der Waals surface area contributed by atoms with Gasteiger partial charge in [0.2, 0.25) is 15.9 Å². The molecule has 0 bridgehead atoms. The number of amides is 1. The molecule has 22 heavy (non-hydrogen) atoms. The molecule has 1 saturated heterocycles. The van der Waals surface area contributed by atoms with Crippen LogP contribution in [0.25, 0.3) is 0 Å². The molecule has 1 atom stereocenters. The summed E-state index contributed by atoms with van der Waals surface area (Å²) in [5.41, 5.74) is 0.930. The summed E-state index contributed by atoms with van der Waals surface area (Å²) in [6.45, 7) is 1.42. The maximum atomic E-state index is 12.0. The molecule has 9 heteroatoms. The van der Waals surface area contributed by atoms with Crippen molar-refractivity contribution >= 4 is 25.8 Å². The van der Waals surface area contributed by atoms with E-state index in [4.69, 9.17) is 0 Å². The fourth-order valence-corrected chi connectivity index (χ4v) is 4.80. The van der Waals surface area contributed by atoms with E-state index in [1.165, 1.54) is 12.1 Å². The van der Waals surface area contributed by atoms with Crippen molar-refractivity contribution in [3.8, 4) is 0 Å². The summed E-state index contributed by atoms with van der Waals surface area (Å²) in [5.74, 6) is -0.589. The first-order valence-electron chi connectivity index (χ1n) is 6.74. The minimum atomic E-state index is -3.76. The molecule has 0 aliphatic carbocycles. The van der Waals surface area contributed by atoms with Gasteiger partial charge in [-0.2, -0.15) is 0 Å². The smallest absolute Gasteiger partial charge is 0.241 e. The van der Waals surface area contributed by atoms with Gasteiger partial charge in [0, 0.05) is 6.04 Å². The summed E-state index contributed by atoms with van der Waals surface area (Å²) in [4.78, 5) is 11.8. The molecule has 1 heterocycles. The zero-order valence-corrected chi connectivity index (χ0v) is 13.7. The van der Waals surface area contributed by atoms with Gasteiger partial charge in [-0.1, -0.05) is 17.7 Å². The molecular formula is C13H18N2O5S2. The zero-order valence-electron chi connectivity index (χ0n) is 12.1. The van der Waals surface area contributed by atoms with E-state index >= 15 is 0 Å². The number of hydrogen-bond donors (Lipinski definition) is 2. The van der Waals surface area contributed by atoms with E-state index in [-0.39, 0.29) is 16.4 Å². The lowest BCUT2D eigenvalue weighted by Gasteiger charge is -2.11. The van der Waals surface area contributed by atoms with Crippen LogP contribution in [0.5, 0.6) is 0 Å². The number of nitrogens with one attached hydrogen (secondary N) is 2. The Kier molecular flexibility index (Phi) is 4.88. The highest BCUT2D eigenvalue weighted by Gasteiger charge is 2.29. The second kappa shape index (κ2) is 6.35. The first-order valence-corrected chi connectivity index (χ1v) is 10.0. The molecule has 0 radical (unpaired) electrons. The number of sulfone groups is 1. The second-order valence-corrected chi connectivity index (χ2v) is 9.30. The van der Waals surface area contributed by atoms with Gasteiger partial charge in [0.1, 0.15) is 0 Å². The maximum Gasteiger partial charge on any atom is 0.241 e. The summed E-state index contributed by atoms with van der Waals surface area (Å²) in [5, 5.41) is 2.52. The SMILES string of the molecule is Cc1ccc(S(=O)(=O)NCC(=O)NC2CCS(=O)(=O)C2)cc1. The van der Waals surface area contributed by atoms with Gasteiger partial charge in [-0.05, 0) is 25.5 Å². The Morgan fingerprint density at radius 2 is 1.91 bits per heavy atom. The Labute approximate surface area is 130 Å². The van der Waals surface area contributed by atoms with Crippen LogP contribution >= 0.6 is 0 Å². The van der Waals surface area contributed by atoms with Gasteiger partial charge in [0.05, 0.1) is 22.9 Å². The molecule has 2 rings (SSSR count). The number of hydrogen-bond acceptors (Lipinski definition) is 5. The van der Waals surface area contributed by atoms with Crippen molar-refractivity contribution in [3.05, 3.63) is 29.8 Å². The maximum absolute atomic E-state index is 12.0. The lowest BCUT2D eigenvalue weighted by Crippen LogP contribution is -2.42. The topological polar surface area (TPSA) is 109 Å². The molecule has 0 aromatic heterocycles. The largest absolute Gasteiger partial charge is 0.351 e. The van der Waals surface area contributed by atoms with Crippen LogP contribution in [0.15, 0.2) is 29.2 Å². The van der Waals surface area contributed by atoms with Crippen molar-refractivity contribution in [2.75, 3.05) is 18.1 Å². The Morgan fingerprint density at radius 3 is 2.45 bits per heavy atom. The van der Waals surface area contributed by atoms with Crippen molar-refractivity contribution < 1.29 is 21.6 Å². The fourth-order valence-electron chi connectivity index (χ4n) is 2.15. The average Bonchev–Trinajstić information content (AvgIpc) is 2.76. The lowest BCUT2D eigenvalue weighted by atomic mass is 10.2. The molecule has 1 fully saturated rings. The van der Waals surface area contributed by atoms with Crippen molar-refractivity contribution in [1.29, 1.82) is 0 Å². The Bertz CT molecular complexity index is 754. The molecule has 0 saturated carbocycles. The van der Waals surface area contributed by atoms with Crippen LogP contribution in [0.1, 0.15) is 12.0 Å². The first-order chi connectivity index (χ1) is 10.2. The predicted molar refractivity (Wildman–Crippen MR) is 81.6 cm³/mol. The molecule has 1 aromatic rings. The summed E-state index contributed by atoms with van der Waals surface area (Å²) < 4.78 is 48.8. The van der Waals surface area contributed by atoms with Gasteiger partial charge in [-0.15, -0.1) is 0 Å². The molecule has 1 aromatic carbocycles. The molecule has 1 aliphatic heterocycles. The van der Waals surface area contributed by atoms with Crippen LogP contribution in [0.2, 0.25) is 0 Å². The lowest BCUT2D eigenvalue weighted by molar-refractivity contribution is -0.120. The standard InChI is InChI=1S/C13H18N2O5S2/c1-10-2-4-12(5-3-10)22(19,20)14-8-13(16)15-11-6-7-21(17,18)9-11/h2-5,11,14H,6-9H2,1H3,(H,15,16). The van der Waals surface area contributed by atoms with Gasteiger partial charge in [-0.3, -0.25) is 4.79 Å². The van der Waals surface area contributed by atoms with E-state index in [0.717, 1.165) is 5.56 Å². The van der Waals surface area contributed by atoms with Gasteiger partial charge in [0.15, 0.2) is 9.84 Å². The van der Waals surface area contributed by atoms with Crippen molar-refractivity contribution in [1.82, 2.24) is 10.0 Å². The Hall–Kier alpha value is -1.45. The highest BCUT2D eigenvalue weighted by atomic mass is 32.2. The van der Waals surface area contributed by atoms with Crippen LogP contribution < -0.4 is 10.0 Å². The molecule has 0 spiro atoms. The van der Waals surface area contributed by atoms with E-state index in [1.807, 2.05) is 6.92 Å². The monoisotopic (exact) mass is 346 g/mol. The minimum absolute atomic E-state index is 0.0487. The van der Waals surface area contributed by atoms with E-state index in [2.05, 4.69) is 10.0 Å². The summed E-state index contributed by atoms with van der Waals surface area (Å²) in [6, 6.07) is 5.80. The Morgan fingerprint density at radius 1 is 1.27 bits per heavy atom. The Balaban J connectivity index is 1.89. The molecular weight excluding hydrogens is 328 g/mol. The van der Waals surface area contributed by atoms with Gasteiger partial charge < -0.3 is 5.32 Å². The van der Waals surface area contributed by atoms with Crippen LogP contribution in [-0.4, -0.2) is 46.8 Å². The van der Waals surface area contributed by atoms with Gasteiger partial charge in [0.25, 0.3) is 0 Å². The number of rotatable bonds is 5. The highest BCUT2D eigenvalue weighted by molar-refractivity contribution is 7.91. The minimum Gasteiger partial charge on any atom is -0.351 e. The molecule has 1 unspecified atom stereocenters. The number of aryl methyl sites for hydroxylation is 1. The quantitative estimate of drug-likeness (QED) is 0.752. The predicted octanol–water partition coefficient (Wildman–Crippen LogP) is -0.423. The number of benzene rings is 1. The van der Waals surface area contributed by atoms with Crippen molar-refractivity contribution in [3.63, 3.8) is 0 Å². The van der Waals surface area contributed by atoms with E-state index < -0.39 is 38.4 Å². The third-order valence-corrected chi connectivity index (χ3v) is 6.54. The third kappa shape index (κ3) is 4.52. The molecule has 7 nitrogen and oxygen atoms in total. The van der Waals surface area contributed by atoms with Crippen molar-refractivity contribution in [2.24, 2.45) is 0 Å². The molecule has 1 amide bonds. The van der Waals surface area contributed by atoms with E-state index in [1.54, 1.807) is 12.1 Å². The molecule has 122 valence electrons.